The molecule has 0 saturated heterocycles. The number of fused-ring (bicyclic) bond motifs is 1. The fourth-order valence-corrected chi connectivity index (χ4v) is 3.32. The molecule has 0 unspecified atom stereocenters. The number of nitrogens with zero attached hydrogens (tertiary/aromatic N) is 2. The van der Waals surface area contributed by atoms with Crippen molar-refractivity contribution in [3.05, 3.63) is 68.7 Å². The summed E-state index contributed by atoms with van der Waals surface area (Å²) in [7, 11) is 1.71. The van der Waals surface area contributed by atoms with Crippen molar-refractivity contribution < 1.29 is 14.5 Å². The van der Waals surface area contributed by atoms with E-state index >= 15 is 0 Å². The van der Waals surface area contributed by atoms with E-state index in [9.17, 15) is 14.9 Å². The zero-order chi connectivity index (χ0) is 18.8. The van der Waals surface area contributed by atoms with Crippen molar-refractivity contribution >= 4 is 23.2 Å². The molecule has 2 aromatic carbocycles. The monoisotopic (exact) mass is 374 g/mol. The lowest BCUT2D eigenvalue weighted by atomic mass is 9.94. The molecule has 0 fully saturated rings. The topological polar surface area (TPSA) is 72.7 Å². The molecule has 26 heavy (non-hydrogen) atoms. The molecule has 0 aliphatic carbocycles. The van der Waals surface area contributed by atoms with Crippen LogP contribution in [-0.2, 0) is 11.2 Å². The van der Waals surface area contributed by atoms with Gasteiger partial charge in [0, 0.05) is 24.2 Å². The Morgan fingerprint density at radius 1 is 1.35 bits per heavy atom. The molecule has 0 bridgehead atoms. The second kappa shape index (κ2) is 7.33. The Balaban J connectivity index is 1.75. The minimum absolute atomic E-state index is 0.0137. The standard InChI is InChI=1S/C19H19ClN2O4/c1-12(13-4-3-5-17(10-13)22(24)25)21(2)19(23)15-8-14-9-16(20)6-7-18(14)26-11-15/h3-7,9-10,12,15H,8,11H2,1-2H3/t12-,15+/m1/s1. The molecule has 1 amide bonds. The summed E-state index contributed by atoms with van der Waals surface area (Å²) in [6.07, 6.45) is 0.556. The molecule has 0 N–H and O–H groups in total. The fourth-order valence-electron chi connectivity index (χ4n) is 3.12. The maximum atomic E-state index is 12.9. The number of amides is 1. The maximum absolute atomic E-state index is 12.9. The first kappa shape index (κ1) is 18.2. The van der Waals surface area contributed by atoms with E-state index < -0.39 is 4.92 Å². The summed E-state index contributed by atoms with van der Waals surface area (Å²) in [6, 6.07) is 11.5. The molecule has 0 aromatic heterocycles. The highest BCUT2D eigenvalue weighted by Gasteiger charge is 2.30. The second-order valence-corrected chi connectivity index (χ2v) is 6.88. The molecule has 1 aliphatic rings. The number of hydrogen-bond donors (Lipinski definition) is 0. The number of ether oxygens (including phenoxy) is 1. The van der Waals surface area contributed by atoms with Crippen LogP contribution in [0.2, 0.25) is 5.02 Å². The van der Waals surface area contributed by atoms with Gasteiger partial charge in [-0.1, -0.05) is 23.7 Å². The van der Waals surface area contributed by atoms with E-state index in [0.29, 0.717) is 18.1 Å². The lowest BCUT2D eigenvalue weighted by molar-refractivity contribution is -0.384. The van der Waals surface area contributed by atoms with Crippen LogP contribution in [0.25, 0.3) is 0 Å². The van der Waals surface area contributed by atoms with Crippen LogP contribution in [0.1, 0.15) is 24.1 Å². The van der Waals surface area contributed by atoms with Crippen LogP contribution >= 0.6 is 11.6 Å². The van der Waals surface area contributed by atoms with Gasteiger partial charge in [0.05, 0.1) is 16.9 Å². The number of non-ortho nitro benzene ring substituents is 1. The van der Waals surface area contributed by atoms with E-state index in [0.717, 1.165) is 16.9 Å². The summed E-state index contributed by atoms with van der Waals surface area (Å²) in [5.41, 5.74) is 1.65. The molecule has 7 heteroatoms. The summed E-state index contributed by atoms with van der Waals surface area (Å²) in [5.74, 6) is 0.384. The highest BCUT2D eigenvalue weighted by Crippen LogP contribution is 2.32. The van der Waals surface area contributed by atoms with Gasteiger partial charge in [-0.2, -0.15) is 0 Å². The van der Waals surface area contributed by atoms with Crippen molar-refractivity contribution in [2.24, 2.45) is 5.92 Å². The van der Waals surface area contributed by atoms with Crippen LogP contribution in [0.5, 0.6) is 5.75 Å². The predicted octanol–water partition coefficient (Wildman–Crippen LogP) is 4.02. The first-order valence-electron chi connectivity index (χ1n) is 8.29. The van der Waals surface area contributed by atoms with Crippen LogP contribution in [0, 0.1) is 16.0 Å². The number of nitro groups is 1. The van der Waals surface area contributed by atoms with Gasteiger partial charge in [-0.25, -0.2) is 0 Å². The van der Waals surface area contributed by atoms with E-state index in [1.54, 1.807) is 30.1 Å². The molecular weight excluding hydrogens is 356 g/mol. The van der Waals surface area contributed by atoms with E-state index in [2.05, 4.69) is 0 Å². The van der Waals surface area contributed by atoms with Crippen molar-refractivity contribution in [1.82, 2.24) is 4.90 Å². The summed E-state index contributed by atoms with van der Waals surface area (Å²) >= 11 is 6.03. The van der Waals surface area contributed by atoms with E-state index in [-0.39, 0.29) is 23.6 Å². The molecule has 6 nitrogen and oxygen atoms in total. The molecule has 0 radical (unpaired) electrons. The number of nitro benzene ring substituents is 1. The summed E-state index contributed by atoms with van der Waals surface area (Å²) in [6.45, 7) is 2.16. The molecular formula is C19H19ClN2O4. The quantitative estimate of drug-likeness (QED) is 0.598. The van der Waals surface area contributed by atoms with Crippen LogP contribution in [0.4, 0.5) is 5.69 Å². The normalized spacial score (nSPS) is 17.0. The number of benzene rings is 2. The Morgan fingerprint density at radius 2 is 2.12 bits per heavy atom. The summed E-state index contributed by atoms with van der Waals surface area (Å²) in [4.78, 5) is 25.1. The van der Waals surface area contributed by atoms with Gasteiger partial charge < -0.3 is 9.64 Å². The van der Waals surface area contributed by atoms with Crippen LogP contribution in [0.3, 0.4) is 0 Å². The Labute approximate surface area is 156 Å². The SMILES string of the molecule is C[C@H](c1cccc([N+](=O)[O-])c1)N(C)C(=O)[C@@H]1COc2ccc(Cl)cc2C1. The van der Waals surface area contributed by atoms with Gasteiger partial charge in [0.25, 0.3) is 5.69 Å². The van der Waals surface area contributed by atoms with E-state index in [4.69, 9.17) is 16.3 Å². The smallest absolute Gasteiger partial charge is 0.269 e. The molecule has 2 atom stereocenters. The van der Waals surface area contributed by atoms with Crippen molar-refractivity contribution in [1.29, 1.82) is 0 Å². The van der Waals surface area contributed by atoms with E-state index in [1.807, 2.05) is 19.1 Å². The minimum Gasteiger partial charge on any atom is -0.492 e. The fraction of sp³-hybridized carbons (Fsp3) is 0.316. The largest absolute Gasteiger partial charge is 0.492 e. The second-order valence-electron chi connectivity index (χ2n) is 6.44. The van der Waals surface area contributed by atoms with Gasteiger partial charge in [-0.3, -0.25) is 14.9 Å². The van der Waals surface area contributed by atoms with Crippen LogP contribution < -0.4 is 4.74 Å². The van der Waals surface area contributed by atoms with Crippen LogP contribution in [-0.4, -0.2) is 29.4 Å². The zero-order valence-corrected chi connectivity index (χ0v) is 15.3. The average molecular weight is 375 g/mol. The number of rotatable bonds is 4. The van der Waals surface area contributed by atoms with Crippen molar-refractivity contribution in [2.75, 3.05) is 13.7 Å². The van der Waals surface area contributed by atoms with Gasteiger partial charge in [0.1, 0.15) is 12.4 Å². The molecule has 0 saturated carbocycles. The van der Waals surface area contributed by atoms with Gasteiger partial charge in [0.15, 0.2) is 0 Å². The summed E-state index contributed by atoms with van der Waals surface area (Å²) < 4.78 is 5.70. The third-order valence-electron chi connectivity index (χ3n) is 4.77. The molecule has 0 spiro atoms. The molecule has 1 aliphatic heterocycles. The van der Waals surface area contributed by atoms with Crippen molar-refractivity contribution in [3.8, 4) is 5.75 Å². The van der Waals surface area contributed by atoms with Crippen LogP contribution in [0.15, 0.2) is 42.5 Å². The molecule has 1 heterocycles. The van der Waals surface area contributed by atoms with Crippen molar-refractivity contribution in [2.45, 2.75) is 19.4 Å². The third-order valence-corrected chi connectivity index (χ3v) is 5.01. The highest BCUT2D eigenvalue weighted by molar-refractivity contribution is 6.30. The third kappa shape index (κ3) is 3.65. The predicted molar refractivity (Wildman–Crippen MR) is 98.4 cm³/mol. The van der Waals surface area contributed by atoms with Gasteiger partial charge >= 0.3 is 0 Å². The lowest BCUT2D eigenvalue weighted by Crippen LogP contribution is -2.39. The average Bonchev–Trinajstić information content (AvgIpc) is 2.65. The minimum atomic E-state index is -0.437. The molecule has 2 aromatic rings. The Morgan fingerprint density at radius 3 is 2.85 bits per heavy atom. The first-order chi connectivity index (χ1) is 12.4. The highest BCUT2D eigenvalue weighted by atomic mass is 35.5. The van der Waals surface area contributed by atoms with Gasteiger partial charge in [-0.05, 0) is 42.7 Å². The maximum Gasteiger partial charge on any atom is 0.269 e. The van der Waals surface area contributed by atoms with Gasteiger partial charge in [0.2, 0.25) is 5.91 Å². The first-order valence-corrected chi connectivity index (χ1v) is 8.67. The number of carbonyl (C=O) groups is 1. The summed E-state index contributed by atoms with van der Waals surface area (Å²) in [5, 5.41) is 11.6. The number of halogens is 1. The Bertz CT molecular complexity index is 855. The van der Waals surface area contributed by atoms with E-state index in [1.165, 1.54) is 12.1 Å². The molecule has 136 valence electrons. The molecule has 3 rings (SSSR count). The van der Waals surface area contributed by atoms with Crippen molar-refractivity contribution in [3.63, 3.8) is 0 Å². The Kier molecular flexibility index (Phi) is 5.13. The van der Waals surface area contributed by atoms with Gasteiger partial charge in [-0.15, -0.1) is 0 Å². The Hall–Kier alpha value is -2.60. The zero-order valence-electron chi connectivity index (χ0n) is 14.5. The lowest BCUT2D eigenvalue weighted by Gasteiger charge is -2.31. The number of carbonyl (C=O) groups excluding carboxylic acids is 1. The number of hydrogen-bond acceptors (Lipinski definition) is 4.